The average molecular weight is 702 g/mol. The second-order valence-electron chi connectivity index (χ2n) is 16.3. The molecule has 0 amide bonds. The highest BCUT2D eigenvalue weighted by atomic mass is 16.5. The second kappa shape index (κ2) is 13.0. The Hall–Kier alpha value is -5.65. The number of hydrogen-bond acceptors (Lipinski definition) is 4. The van der Waals surface area contributed by atoms with Crippen LogP contribution >= 0.6 is 0 Å². The lowest BCUT2D eigenvalue weighted by atomic mass is 9.54. The third-order valence-corrected chi connectivity index (χ3v) is 12.1. The van der Waals surface area contributed by atoms with Gasteiger partial charge < -0.3 is 4.65 Å². The molecule has 5 heteroatoms. The molecule has 0 spiro atoms. The lowest BCUT2D eigenvalue weighted by Gasteiger charge is -2.34. The highest BCUT2D eigenvalue weighted by Crippen LogP contribution is 2.46. The number of rotatable bonds is 6. The van der Waals surface area contributed by atoms with Crippen LogP contribution in [0.2, 0.25) is 6.32 Å². The van der Waals surface area contributed by atoms with Crippen molar-refractivity contribution < 1.29 is 4.65 Å². The summed E-state index contributed by atoms with van der Waals surface area (Å²) in [5.74, 6) is 2.10. The fourth-order valence-corrected chi connectivity index (χ4v) is 8.28. The first kappa shape index (κ1) is 34.1. The first-order valence-electron chi connectivity index (χ1n) is 19.1. The van der Waals surface area contributed by atoms with Crippen molar-refractivity contribution in [3.8, 4) is 45.0 Å². The molecule has 1 aromatic heterocycles. The molecule has 6 aromatic carbocycles. The molecule has 0 N–H and O–H groups in total. The van der Waals surface area contributed by atoms with Gasteiger partial charge in [-0.15, -0.1) is 0 Å². The van der Waals surface area contributed by atoms with Crippen LogP contribution in [0.25, 0.3) is 66.6 Å². The second-order valence-corrected chi connectivity index (χ2v) is 16.3. The van der Waals surface area contributed by atoms with Gasteiger partial charge in [0.05, 0.1) is 5.60 Å². The Morgan fingerprint density at radius 2 is 1.07 bits per heavy atom. The minimum atomic E-state index is -0.362. The summed E-state index contributed by atoms with van der Waals surface area (Å²) in [6, 6.07) is 45.6. The van der Waals surface area contributed by atoms with Gasteiger partial charge in [0.1, 0.15) is 5.82 Å². The summed E-state index contributed by atoms with van der Waals surface area (Å²) in [6.45, 7) is 11.2. The van der Waals surface area contributed by atoms with E-state index in [2.05, 4.69) is 186 Å². The van der Waals surface area contributed by atoms with E-state index in [9.17, 15) is 0 Å². The molecule has 0 bridgehead atoms. The molecule has 2 heterocycles. The van der Waals surface area contributed by atoms with Crippen LogP contribution in [0, 0.1) is 5.41 Å². The van der Waals surface area contributed by atoms with Gasteiger partial charge in [0.25, 0.3) is 0 Å². The standard InChI is InChI=1S/C49H44BN3O/c1-47(2)32-50(54-48(47,3)4)37-23-17-22-36(31-37)45-51-44(52-46(53-45)49(5)28-14-7-15-29-49)35-21-16-20-34(30-35)43-40-26-12-10-24-38(40)42(33-18-8-6-9-19-33)39-25-11-13-27-41(39)43/h6-28,30-31H,29,32H2,1-5H3. The summed E-state index contributed by atoms with van der Waals surface area (Å²) in [6.07, 6.45) is 10.4. The van der Waals surface area contributed by atoms with Crippen LogP contribution in [0.15, 0.2) is 152 Å². The molecular weight excluding hydrogens is 657 g/mol. The molecule has 1 atom stereocenters. The summed E-state index contributed by atoms with van der Waals surface area (Å²) in [5, 5.41) is 4.90. The average Bonchev–Trinajstić information content (AvgIpc) is 3.43. The predicted octanol–water partition coefficient (Wildman–Crippen LogP) is 11.7. The van der Waals surface area contributed by atoms with Crippen molar-refractivity contribution in [2.75, 3.05) is 0 Å². The molecular formula is C49H44BN3O. The van der Waals surface area contributed by atoms with Crippen molar-refractivity contribution in [3.63, 3.8) is 0 Å². The maximum Gasteiger partial charge on any atom is 0.327 e. The van der Waals surface area contributed by atoms with Gasteiger partial charge in [-0.2, -0.15) is 0 Å². The van der Waals surface area contributed by atoms with E-state index in [-0.39, 0.29) is 23.3 Å². The van der Waals surface area contributed by atoms with Gasteiger partial charge in [0.2, 0.25) is 0 Å². The minimum Gasteiger partial charge on any atom is -0.426 e. The third kappa shape index (κ3) is 5.88. The van der Waals surface area contributed by atoms with Gasteiger partial charge in [-0.1, -0.05) is 159 Å². The molecule has 0 radical (unpaired) electrons. The fourth-order valence-electron chi connectivity index (χ4n) is 8.28. The maximum atomic E-state index is 6.65. The zero-order chi connectivity index (χ0) is 37.1. The van der Waals surface area contributed by atoms with E-state index in [1.807, 2.05) is 0 Å². The molecule has 264 valence electrons. The smallest absolute Gasteiger partial charge is 0.327 e. The van der Waals surface area contributed by atoms with Crippen molar-refractivity contribution in [2.45, 2.75) is 58.4 Å². The monoisotopic (exact) mass is 701 g/mol. The van der Waals surface area contributed by atoms with E-state index in [1.54, 1.807) is 0 Å². The fraction of sp³-hybridized carbons (Fsp3) is 0.204. The molecule has 2 aliphatic rings. The van der Waals surface area contributed by atoms with Crippen LogP contribution in [-0.4, -0.2) is 27.5 Å². The van der Waals surface area contributed by atoms with Gasteiger partial charge >= 0.3 is 6.92 Å². The number of hydrogen-bond donors (Lipinski definition) is 0. The van der Waals surface area contributed by atoms with Crippen LogP contribution < -0.4 is 5.46 Å². The molecule has 1 aliphatic carbocycles. The van der Waals surface area contributed by atoms with Crippen LogP contribution in [0.3, 0.4) is 0 Å². The van der Waals surface area contributed by atoms with Crippen LogP contribution in [0.5, 0.6) is 0 Å². The molecule has 1 saturated heterocycles. The molecule has 1 aliphatic heterocycles. The van der Waals surface area contributed by atoms with Crippen molar-refractivity contribution >= 4 is 33.9 Å². The summed E-state index contributed by atoms with van der Waals surface area (Å²) < 4.78 is 6.65. The lowest BCUT2D eigenvalue weighted by Crippen LogP contribution is -2.36. The van der Waals surface area contributed by atoms with Gasteiger partial charge in [-0.05, 0) is 94.3 Å². The SMILES string of the molecule is CC1(c2nc(-c3cccc(B4CC(C)(C)C(C)(C)O4)c3)nc(-c3cccc(-c4c5ccccc5c(-c5ccccc5)c5ccccc45)c3)n2)C=CC=CC1. The van der Waals surface area contributed by atoms with E-state index in [1.165, 1.54) is 38.2 Å². The van der Waals surface area contributed by atoms with E-state index in [0.717, 1.165) is 40.7 Å². The first-order valence-corrected chi connectivity index (χ1v) is 19.1. The van der Waals surface area contributed by atoms with Crippen molar-refractivity contribution in [1.29, 1.82) is 0 Å². The molecule has 7 aromatic rings. The van der Waals surface area contributed by atoms with Gasteiger partial charge in [0, 0.05) is 16.5 Å². The van der Waals surface area contributed by atoms with Crippen molar-refractivity contribution in [1.82, 2.24) is 15.0 Å². The van der Waals surface area contributed by atoms with E-state index >= 15 is 0 Å². The molecule has 9 rings (SSSR count). The number of fused-ring (bicyclic) bond motifs is 2. The van der Waals surface area contributed by atoms with Crippen LogP contribution in [0.4, 0.5) is 0 Å². The number of nitrogens with zero attached hydrogens (tertiary/aromatic N) is 3. The molecule has 1 fully saturated rings. The molecule has 54 heavy (non-hydrogen) atoms. The van der Waals surface area contributed by atoms with E-state index in [4.69, 9.17) is 19.6 Å². The van der Waals surface area contributed by atoms with Gasteiger partial charge in [-0.25, -0.2) is 15.0 Å². The zero-order valence-corrected chi connectivity index (χ0v) is 31.7. The molecule has 1 unspecified atom stereocenters. The zero-order valence-electron chi connectivity index (χ0n) is 31.7. The predicted molar refractivity (Wildman–Crippen MR) is 226 cm³/mol. The summed E-state index contributed by atoms with van der Waals surface area (Å²) in [7, 11) is 0. The highest BCUT2D eigenvalue weighted by molar-refractivity contribution is 6.68. The van der Waals surface area contributed by atoms with Gasteiger partial charge in [-0.3, -0.25) is 0 Å². The Labute approximate surface area is 318 Å². The Bertz CT molecular complexity index is 2550. The van der Waals surface area contributed by atoms with Crippen LogP contribution in [0.1, 0.15) is 46.9 Å². The quantitative estimate of drug-likeness (QED) is 0.128. The number of aromatic nitrogens is 3. The van der Waals surface area contributed by atoms with Crippen LogP contribution in [-0.2, 0) is 10.1 Å². The highest BCUT2D eigenvalue weighted by Gasteiger charge is 2.49. The maximum absolute atomic E-state index is 6.65. The summed E-state index contributed by atoms with van der Waals surface area (Å²) in [5.41, 5.74) is 7.35. The molecule has 4 nitrogen and oxygen atoms in total. The molecule has 0 saturated carbocycles. The van der Waals surface area contributed by atoms with E-state index < -0.39 is 0 Å². The van der Waals surface area contributed by atoms with Crippen molar-refractivity contribution in [2.24, 2.45) is 5.41 Å². The number of allylic oxidation sites excluding steroid dienone is 4. The Kier molecular flexibility index (Phi) is 8.24. The lowest BCUT2D eigenvalue weighted by molar-refractivity contribution is 0.0375. The topological polar surface area (TPSA) is 47.9 Å². The number of benzene rings is 6. The Morgan fingerprint density at radius 1 is 0.537 bits per heavy atom. The Balaban J connectivity index is 1.21. The van der Waals surface area contributed by atoms with Gasteiger partial charge in [0.15, 0.2) is 11.6 Å². The third-order valence-electron chi connectivity index (χ3n) is 12.1. The normalized spacial score (nSPS) is 18.8. The summed E-state index contributed by atoms with van der Waals surface area (Å²) >= 11 is 0. The summed E-state index contributed by atoms with van der Waals surface area (Å²) in [4.78, 5) is 15.7. The first-order chi connectivity index (χ1) is 26.1. The van der Waals surface area contributed by atoms with E-state index in [0.29, 0.717) is 11.6 Å². The minimum absolute atomic E-state index is 0.00858. The Morgan fingerprint density at radius 3 is 1.65 bits per heavy atom. The largest absolute Gasteiger partial charge is 0.426 e. The van der Waals surface area contributed by atoms with Crippen molar-refractivity contribution in [3.05, 3.63) is 158 Å².